The molecule has 0 spiro atoms. The first-order valence-corrected chi connectivity index (χ1v) is 10.5. The summed E-state index contributed by atoms with van der Waals surface area (Å²) in [5, 5.41) is 1.01. The third-order valence-electron chi connectivity index (χ3n) is 4.40. The van der Waals surface area contributed by atoms with Gasteiger partial charge in [0, 0.05) is 5.56 Å². The third-order valence-corrected chi connectivity index (χ3v) is 6.45. The molecule has 2 atom stereocenters. The van der Waals surface area contributed by atoms with E-state index in [2.05, 4.69) is 5.32 Å². The molecule has 0 saturated carbocycles. The number of ether oxygens (including phenoxy) is 1. The molecule has 1 N–H and O–H groups in total. The Morgan fingerprint density at radius 1 is 1.18 bits per heavy atom. The molecule has 1 aromatic carbocycles. The van der Waals surface area contributed by atoms with E-state index in [-0.39, 0.29) is 11.4 Å². The molecule has 2 heterocycles. The maximum absolute atomic E-state index is 12.9. The van der Waals surface area contributed by atoms with Crippen LogP contribution in [0.1, 0.15) is 38.1 Å². The van der Waals surface area contributed by atoms with Crippen LogP contribution in [0.25, 0.3) is 0 Å². The molecular formula is C19H22N2O6S. The monoisotopic (exact) mass is 406 g/mol. The zero-order chi connectivity index (χ0) is 20.9. The van der Waals surface area contributed by atoms with Crippen LogP contribution in [0.3, 0.4) is 0 Å². The number of sulfone groups is 1. The number of carbonyl (C=O) groups is 3. The van der Waals surface area contributed by atoms with E-state index in [9.17, 15) is 22.8 Å². The number of fused-ring (bicyclic) bond motifs is 1. The molecule has 0 radical (unpaired) electrons. The van der Waals surface area contributed by atoms with Crippen LogP contribution in [0.5, 0.6) is 0 Å². The van der Waals surface area contributed by atoms with Gasteiger partial charge in [0.1, 0.15) is 11.6 Å². The number of alkyl carbamates (subject to hydrolysis) is 1. The van der Waals surface area contributed by atoms with Crippen molar-refractivity contribution in [1.82, 2.24) is 10.2 Å². The lowest BCUT2D eigenvalue weighted by atomic mass is 9.98. The van der Waals surface area contributed by atoms with E-state index in [1.54, 1.807) is 51.1 Å². The predicted octanol–water partition coefficient (Wildman–Crippen LogP) is 1.63. The molecule has 1 fully saturated rings. The molecule has 0 unspecified atom stereocenters. The van der Waals surface area contributed by atoms with E-state index in [4.69, 9.17) is 4.74 Å². The number of rotatable bonds is 3. The summed E-state index contributed by atoms with van der Waals surface area (Å²) in [4.78, 5) is 38.6. The topological polar surface area (TPSA) is 110 Å². The molecule has 2 aliphatic heterocycles. The van der Waals surface area contributed by atoms with Gasteiger partial charge in [0.05, 0.1) is 11.4 Å². The highest BCUT2D eigenvalue weighted by Gasteiger charge is 2.60. The highest BCUT2D eigenvalue weighted by atomic mass is 32.2. The smallest absolute Gasteiger partial charge is 0.408 e. The van der Waals surface area contributed by atoms with Gasteiger partial charge in [0.25, 0.3) is 5.91 Å². The summed E-state index contributed by atoms with van der Waals surface area (Å²) in [5.41, 5.74) is -0.0916. The molecule has 1 saturated heterocycles. The third kappa shape index (κ3) is 3.54. The van der Waals surface area contributed by atoms with Gasteiger partial charge in [-0.05, 0) is 33.3 Å². The number of ketones is 1. The summed E-state index contributed by atoms with van der Waals surface area (Å²) in [7, 11) is -3.77. The standard InChI is InChI=1S/C19H22N2O6S/c1-11-10-28(25,26)17-13(20-18(24)27-19(2,3)4)16(23)21(17)14(11)15(22)12-8-6-5-7-9-12/h5-9,13,17H,10H2,1-4H3,(H,20,24)/t13-,17-/m1/s1. The van der Waals surface area contributed by atoms with E-state index < -0.39 is 44.6 Å². The number of hydrogen-bond acceptors (Lipinski definition) is 6. The van der Waals surface area contributed by atoms with Crippen LogP contribution in [0.4, 0.5) is 4.79 Å². The first-order valence-electron chi connectivity index (χ1n) is 8.76. The van der Waals surface area contributed by atoms with E-state index in [1.165, 1.54) is 6.92 Å². The van der Waals surface area contributed by atoms with Gasteiger partial charge in [-0.15, -0.1) is 0 Å². The van der Waals surface area contributed by atoms with Crippen LogP contribution in [0, 0.1) is 0 Å². The minimum Gasteiger partial charge on any atom is -0.444 e. The summed E-state index contributed by atoms with van der Waals surface area (Å²) < 4.78 is 30.4. The Balaban J connectivity index is 1.91. The normalized spacial score (nSPS) is 23.6. The van der Waals surface area contributed by atoms with Crippen LogP contribution in [-0.2, 0) is 19.4 Å². The maximum atomic E-state index is 12.9. The van der Waals surface area contributed by atoms with E-state index >= 15 is 0 Å². The second-order valence-corrected chi connectivity index (χ2v) is 9.95. The van der Waals surface area contributed by atoms with Crippen molar-refractivity contribution in [2.45, 2.75) is 44.7 Å². The SMILES string of the molecule is CC1=C(C(=O)c2ccccc2)N2C(=O)[C@@H](NC(=O)OC(C)(C)C)[C@H]2S(=O)(=O)C1. The minimum atomic E-state index is -3.77. The first kappa shape index (κ1) is 20.1. The van der Waals surface area contributed by atoms with Crippen LogP contribution in [0.15, 0.2) is 41.6 Å². The fraction of sp³-hybridized carbons (Fsp3) is 0.421. The number of amides is 2. The Labute approximate surface area is 163 Å². The second kappa shape index (κ2) is 6.73. The van der Waals surface area contributed by atoms with Gasteiger partial charge in [-0.1, -0.05) is 30.3 Å². The lowest BCUT2D eigenvalue weighted by molar-refractivity contribution is -0.143. The maximum Gasteiger partial charge on any atom is 0.408 e. The average Bonchev–Trinajstić information content (AvgIpc) is 2.57. The Bertz CT molecular complexity index is 975. The van der Waals surface area contributed by atoms with Crippen molar-refractivity contribution in [2.75, 3.05) is 5.75 Å². The molecule has 150 valence electrons. The fourth-order valence-corrected chi connectivity index (χ4v) is 5.37. The lowest BCUT2D eigenvalue weighted by Gasteiger charge is -2.49. The van der Waals surface area contributed by atoms with Crippen molar-refractivity contribution >= 4 is 27.6 Å². The van der Waals surface area contributed by atoms with Crippen molar-refractivity contribution < 1.29 is 27.5 Å². The fourth-order valence-electron chi connectivity index (χ4n) is 3.33. The number of Topliss-reactive ketones (excluding diaryl/α,β-unsaturated/α-hetero) is 1. The van der Waals surface area contributed by atoms with Gasteiger partial charge >= 0.3 is 6.09 Å². The summed E-state index contributed by atoms with van der Waals surface area (Å²) in [6.45, 7) is 6.48. The molecule has 8 nitrogen and oxygen atoms in total. The van der Waals surface area contributed by atoms with Gasteiger partial charge in [-0.2, -0.15) is 0 Å². The average molecular weight is 406 g/mol. The van der Waals surface area contributed by atoms with Gasteiger partial charge in [-0.3, -0.25) is 14.5 Å². The molecule has 3 rings (SSSR count). The summed E-state index contributed by atoms with van der Waals surface area (Å²) in [6, 6.07) is 7.03. The predicted molar refractivity (Wildman–Crippen MR) is 101 cm³/mol. The van der Waals surface area contributed by atoms with Gasteiger partial charge in [0.15, 0.2) is 15.2 Å². The Morgan fingerprint density at radius 2 is 1.79 bits per heavy atom. The molecule has 9 heteroatoms. The molecular weight excluding hydrogens is 384 g/mol. The molecule has 0 aromatic heterocycles. The van der Waals surface area contributed by atoms with Crippen molar-refractivity contribution in [3.8, 4) is 0 Å². The number of hydrogen-bond donors (Lipinski definition) is 1. The van der Waals surface area contributed by atoms with E-state index in [1.807, 2.05) is 0 Å². The molecule has 0 aliphatic carbocycles. The zero-order valence-electron chi connectivity index (χ0n) is 16.1. The van der Waals surface area contributed by atoms with Gasteiger partial charge < -0.3 is 10.1 Å². The van der Waals surface area contributed by atoms with Crippen LogP contribution >= 0.6 is 0 Å². The zero-order valence-corrected chi connectivity index (χ0v) is 16.9. The summed E-state index contributed by atoms with van der Waals surface area (Å²) >= 11 is 0. The van der Waals surface area contributed by atoms with E-state index in [0.29, 0.717) is 11.1 Å². The molecule has 1 aromatic rings. The molecule has 0 bridgehead atoms. The van der Waals surface area contributed by atoms with Crippen molar-refractivity contribution in [3.05, 3.63) is 47.2 Å². The number of β-lactam (4-membered cyclic amide) rings is 1. The first-order chi connectivity index (χ1) is 12.9. The van der Waals surface area contributed by atoms with E-state index in [0.717, 1.165) is 4.90 Å². The number of carbonyl (C=O) groups excluding carboxylic acids is 3. The van der Waals surface area contributed by atoms with Crippen molar-refractivity contribution in [2.24, 2.45) is 0 Å². The van der Waals surface area contributed by atoms with Crippen LogP contribution in [-0.4, -0.2) is 53.9 Å². The molecule has 28 heavy (non-hydrogen) atoms. The van der Waals surface area contributed by atoms with Crippen LogP contribution < -0.4 is 5.32 Å². The number of nitrogens with one attached hydrogen (secondary N) is 1. The largest absolute Gasteiger partial charge is 0.444 e. The van der Waals surface area contributed by atoms with Crippen molar-refractivity contribution in [1.29, 1.82) is 0 Å². The highest BCUT2D eigenvalue weighted by Crippen LogP contribution is 2.37. The lowest BCUT2D eigenvalue weighted by Crippen LogP contribution is -2.74. The minimum absolute atomic E-state index is 0.0539. The summed E-state index contributed by atoms with van der Waals surface area (Å²) in [6.07, 6.45) is -0.886. The Hall–Kier alpha value is -2.68. The Kier molecular flexibility index (Phi) is 4.82. The quantitative estimate of drug-likeness (QED) is 0.604. The van der Waals surface area contributed by atoms with Gasteiger partial charge in [0.2, 0.25) is 5.78 Å². The summed E-state index contributed by atoms with van der Waals surface area (Å²) in [5.74, 6) is -1.44. The van der Waals surface area contributed by atoms with Gasteiger partial charge in [-0.25, -0.2) is 13.2 Å². The second-order valence-electron chi connectivity index (χ2n) is 7.85. The number of benzene rings is 1. The molecule has 2 aliphatic rings. The highest BCUT2D eigenvalue weighted by molar-refractivity contribution is 7.92. The Morgan fingerprint density at radius 3 is 2.36 bits per heavy atom. The van der Waals surface area contributed by atoms with Crippen LogP contribution in [0.2, 0.25) is 0 Å². The number of allylic oxidation sites excluding steroid dienone is 1. The van der Waals surface area contributed by atoms with Crippen molar-refractivity contribution in [3.63, 3.8) is 0 Å². The molecule has 2 amide bonds. The number of nitrogens with zero attached hydrogens (tertiary/aromatic N) is 1.